The van der Waals surface area contributed by atoms with Crippen LogP contribution in [0.5, 0.6) is 0 Å². The molecule has 0 aliphatic heterocycles. The van der Waals surface area contributed by atoms with Crippen LogP contribution in [-0.2, 0) is 19.5 Å². The summed E-state index contributed by atoms with van der Waals surface area (Å²) in [6.45, 7) is 10.2. The molecule has 0 aromatic rings. The minimum absolute atomic E-state index is 0. The van der Waals surface area contributed by atoms with Gasteiger partial charge in [-0.1, -0.05) is 66.2 Å². The molecule has 0 amide bonds. The third kappa shape index (κ3) is 620. The molecule has 0 saturated heterocycles. The first-order valence-electron chi connectivity index (χ1n) is 7.18. The van der Waals surface area contributed by atoms with Crippen LogP contribution in [0.15, 0.2) is 0 Å². The van der Waals surface area contributed by atoms with E-state index < -0.39 is 7.81 Å². The summed E-state index contributed by atoms with van der Waals surface area (Å²) >= 11 is 0. The zero-order chi connectivity index (χ0) is 20.8. The van der Waals surface area contributed by atoms with E-state index in [1.54, 1.807) is 13.8 Å². The second kappa shape index (κ2) is 24.3. The third-order valence-corrected chi connectivity index (χ3v) is 1.25. The normalized spacial score (nSPS) is 12.8. The van der Waals surface area contributed by atoms with E-state index in [9.17, 15) is 25.2 Å². The van der Waals surface area contributed by atoms with Crippen LogP contribution in [0, 0.1) is 25.7 Å². The Morgan fingerprint density at radius 3 is 0.962 bits per heavy atom. The van der Waals surface area contributed by atoms with Crippen LogP contribution in [0.1, 0.15) is 66.2 Å². The monoisotopic (exact) mass is 500 g/mol. The number of rotatable bonds is 0. The van der Waals surface area contributed by atoms with Gasteiger partial charge in [0.25, 0.3) is 0 Å². The van der Waals surface area contributed by atoms with Crippen molar-refractivity contribution in [1.82, 2.24) is 0 Å². The molecule has 0 aromatic heterocycles. The Morgan fingerprint density at radius 1 is 0.885 bits per heavy atom. The molecule has 162 valence electrons. The molecule has 0 spiro atoms. The first-order chi connectivity index (χ1) is 10.6. The average Bonchev–Trinajstić information content (AvgIpc) is 2.86. The smallest absolute Gasteiger partial charge is 0.358 e. The van der Waals surface area contributed by atoms with Gasteiger partial charge in [-0.05, 0) is 0 Å². The van der Waals surface area contributed by atoms with Crippen LogP contribution < -0.4 is 0 Å². The maximum atomic E-state index is 9.87. The molecule has 3 nitrogen and oxygen atoms in total. The van der Waals surface area contributed by atoms with Crippen molar-refractivity contribution in [2.45, 2.75) is 66.2 Å². The standard InChI is InChI=1S/C5H10.C3H8.2C2H4N.C2H2N.CH3.F6P.Ru/c1-2-4-5-3-1;1-3-2;3*1-2-3;;1-7(2,3,4,5)6;/h1-5H2;3H2,1-2H3;2*2H,1H3;1H2;1H3;;/q;;5*-1;+4. The largest absolute Gasteiger partial charge is 4.00 e. The molecular weight excluding hydrogens is 468 g/mol. The molecule has 1 saturated carbocycles. The van der Waals surface area contributed by atoms with E-state index in [0.717, 1.165) is 12.4 Å². The molecule has 0 bridgehead atoms. The van der Waals surface area contributed by atoms with Crippen LogP contribution in [-0.4, -0.2) is 12.4 Å². The van der Waals surface area contributed by atoms with Crippen LogP contribution in [0.2, 0.25) is 0 Å². The Balaban J connectivity index is -0.0000000343. The molecule has 1 aliphatic carbocycles. The summed E-state index contributed by atoms with van der Waals surface area (Å²) in [4.78, 5) is 0. The van der Waals surface area contributed by atoms with Gasteiger partial charge >= 0.3 is 52.5 Å². The first-order valence-corrected chi connectivity index (χ1v) is 9.21. The molecule has 0 unspecified atom stereocenters. The second-order valence-corrected chi connectivity index (χ2v) is 6.02. The van der Waals surface area contributed by atoms with Gasteiger partial charge in [0.1, 0.15) is 0 Å². The van der Waals surface area contributed by atoms with Crippen LogP contribution in [0.4, 0.5) is 25.2 Å². The zero-order valence-corrected chi connectivity index (χ0v) is 18.6. The van der Waals surface area contributed by atoms with E-state index in [2.05, 4.69) is 20.8 Å². The van der Waals surface area contributed by atoms with E-state index in [-0.39, 0.29) is 26.9 Å². The summed E-state index contributed by atoms with van der Waals surface area (Å²) < 4.78 is 59.2. The minimum Gasteiger partial charge on any atom is -0.358 e. The number of hydrogen-bond donors (Lipinski definition) is 0. The quantitative estimate of drug-likeness (QED) is 0.108. The van der Waals surface area contributed by atoms with E-state index in [4.69, 9.17) is 16.1 Å². The van der Waals surface area contributed by atoms with Crippen LogP contribution >= 0.6 is 7.81 Å². The SMILES string of the molecule is C1CCCC1.CC=[N-].CC=[N-].CCC.F[P-](F)(F)(F)(F)F.[CH2-]C#N.[CH3-].[Ru+4]. The molecule has 1 aliphatic rings. The zero-order valence-electron chi connectivity index (χ0n) is 16.0. The molecule has 0 aromatic carbocycles. The van der Waals surface area contributed by atoms with Crippen LogP contribution in [0.3, 0.4) is 0 Å². The summed E-state index contributed by atoms with van der Waals surface area (Å²) in [6, 6.07) is 1.50. The van der Waals surface area contributed by atoms with Crippen molar-refractivity contribution < 1.29 is 44.7 Å². The Morgan fingerprint density at radius 2 is 0.923 bits per heavy atom. The summed E-state index contributed by atoms with van der Waals surface area (Å²) in [5.41, 5.74) is 0. The predicted molar refractivity (Wildman–Crippen MR) is 100 cm³/mol. The summed E-state index contributed by atoms with van der Waals surface area (Å²) in [6.07, 6.45) is 10.8. The molecule has 0 atom stereocenters. The molecule has 1 rings (SSSR count). The van der Waals surface area contributed by atoms with E-state index in [0.29, 0.717) is 0 Å². The summed E-state index contributed by atoms with van der Waals surface area (Å²) in [7, 11) is -10.7. The van der Waals surface area contributed by atoms with Gasteiger partial charge in [-0.25, -0.2) is 17.7 Å². The van der Waals surface area contributed by atoms with Gasteiger partial charge in [0.05, 0.1) is 0 Å². The van der Waals surface area contributed by atoms with Crippen molar-refractivity contribution in [3.05, 3.63) is 25.2 Å². The van der Waals surface area contributed by atoms with Gasteiger partial charge < -0.3 is 25.2 Å². The number of halogens is 6. The second-order valence-electron chi connectivity index (χ2n) is 4.11. The average molecular weight is 499 g/mol. The van der Waals surface area contributed by atoms with E-state index in [1.165, 1.54) is 44.6 Å². The van der Waals surface area contributed by atoms with Crippen molar-refractivity contribution in [3.63, 3.8) is 0 Å². The number of nitriles is 1. The Labute approximate surface area is 168 Å². The molecule has 0 heterocycles. The minimum atomic E-state index is -10.7. The fraction of sp³-hybridized carbons (Fsp3) is 0.667. The van der Waals surface area contributed by atoms with Gasteiger partial charge in [0.15, 0.2) is 0 Å². The van der Waals surface area contributed by atoms with Crippen molar-refractivity contribution in [2.75, 3.05) is 0 Å². The van der Waals surface area contributed by atoms with Crippen molar-refractivity contribution in [3.8, 4) is 6.07 Å². The van der Waals surface area contributed by atoms with Gasteiger partial charge in [0, 0.05) is 0 Å². The molecule has 0 N–H and O–H groups in total. The van der Waals surface area contributed by atoms with Gasteiger partial charge in [0.2, 0.25) is 0 Å². The van der Waals surface area contributed by atoms with E-state index in [1.807, 2.05) is 0 Å². The Bertz CT molecular complexity index is 287. The first kappa shape index (κ1) is 44.6. The predicted octanol–water partition coefficient (Wildman–Crippen LogP) is 8.83. The number of hydrogen-bond acceptors (Lipinski definition) is 1. The van der Waals surface area contributed by atoms with Gasteiger partial charge in [-0.3, -0.25) is 0 Å². The van der Waals surface area contributed by atoms with E-state index >= 15 is 0 Å². The molecule has 26 heavy (non-hydrogen) atoms. The molecule has 1 fully saturated rings. The Kier molecular flexibility index (Phi) is 41.8. The van der Waals surface area contributed by atoms with Crippen molar-refractivity contribution >= 4 is 20.2 Å². The topological polar surface area (TPSA) is 68.4 Å². The summed E-state index contributed by atoms with van der Waals surface area (Å²) in [5, 5.41) is 22.1. The fourth-order valence-corrected chi connectivity index (χ4v) is 0.884. The van der Waals surface area contributed by atoms with Crippen LogP contribution in [0.25, 0.3) is 10.8 Å². The van der Waals surface area contributed by atoms with Crippen molar-refractivity contribution in [1.29, 1.82) is 5.26 Å². The molecule has 0 radical (unpaired) electrons. The molecular formula is C15H31F6N3PRu-. The van der Waals surface area contributed by atoms with Gasteiger partial charge in [-0.2, -0.15) is 0 Å². The maximum absolute atomic E-state index is 10.7. The van der Waals surface area contributed by atoms with Gasteiger partial charge in [-0.15, -0.1) is 6.07 Å². The third-order valence-electron chi connectivity index (χ3n) is 1.25. The maximum Gasteiger partial charge on any atom is 4.00 e. The Hall–Kier alpha value is -0.667. The fourth-order valence-electron chi connectivity index (χ4n) is 0.884. The summed E-state index contributed by atoms with van der Waals surface area (Å²) in [5.74, 6) is 0. The number of nitrogens with zero attached hydrogens (tertiary/aromatic N) is 3. The van der Waals surface area contributed by atoms with Crippen molar-refractivity contribution in [2.24, 2.45) is 0 Å². The molecule has 11 heteroatoms.